The van der Waals surface area contributed by atoms with Gasteiger partial charge >= 0.3 is 0 Å². The number of benzene rings is 2. The first-order chi connectivity index (χ1) is 14.2. The lowest BCUT2D eigenvalue weighted by Crippen LogP contribution is -2.49. The van der Waals surface area contributed by atoms with Crippen molar-refractivity contribution in [2.24, 2.45) is 5.92 Å². The molecule has 0 saturated carbocycles. The predicted octanol–water partition coefficient (Wildman–Crippen LogP) is 4.18. The minimum absolute atomic E-state index is 0.114. The van der Waals surface area contributed by atoms with Crippen molar-refractivity contribution in [1.82, 2.24) is 10.2 Å². The van der Waals surface area contributed by atoms with Crippen LogP contribution in [0.2, 0.25) is 0 Å². The summed E-state index contributed by atoms with van der Waals surface area (Å²) in [5, 5.41) is 2.93. The third-order valence-corrected chi connectivity index (χ3v) is 5.14. The second kappa shape index (κ2) is 10.8. The fourth-order valence-corrected chi connectivity index (χ4v) is 3.19. The zero-order valence-corrected chi connectivity index (χ0v) is 19.0. The maximum Gasteiger partial charge on any atom is 0.261 e. The number of amides is 2. The Balaban J connectivity index is 2.17. The van der Waals surface area contributed by atoms with Crippen LogP contribution in [-0.4, -0.2) is 35.9 Å². The Labute approximate surface area is 180 Å². The van der Waals surface area contributed by atoms with Gasteiger partial charge in [0.05, 0.1) is 0 Å². The highest BCUT2D eigenvalue weighted by Gasteiger charge is 2.27. The van der Waals surface area contributed by atoms with Crippen molar-refractivity contribution in [2.45, 2.75) is 54.1 Å². The molecular weight excluding hydrogens is 376 g/mol. The van der Waals surface area contributed by atoms with Crippen LogP contribution in [0.25, 0.3) is 0 Å². The quantitative estimate of drug-likeness (QED) is 0.675. The van der Waals surface area contributed by atoms with Crippen LogP contribution in [-0.2, 0) is 16.1 Å². The first kappa shape index (κ1) is 23.5. The summed E-state index contributed by atoms with van der Waals surface area (Å²) < 4.78 is 5.81. The van der Waals surface area contributed by atoms with Gasteiger partial charge in [0, 0.05) is 13.1 Å². The van der Waals surface area contributed by atoms with Crippen LogP contribution in [0.15, 0.2) is 42.5 Å². The number of hydrogen-bond acceptors (Lipinski definition) is 3. The van der Waals surface area contributed by atoms with E-state index in [1.807, 2.05) is 77.1 Å². The molecule has 0 aliphatic heterocycles. The smallest absolute Gasteiger partial charge is 0.261 e. The summed E-state index contributed by atoms with van der Waals surface area (Å²) in [6.45, 7) is 12.7. The molecule has 0 saturated heterocycles. The number of nitrogens with one attached hydrogen (secondary N) is 1. The van der Waals surface area contributed by atoms with E-state index in [-0.39, 0.29) is 18.4 Å². The molecule has 0 aliphatic rings. The Morgan fingerprint density at radius 3 is 2.33 bits per heavy atom. The molecule has 1 atom stereocenters. The average Bonchev–Trinajstić information content (AvgIpc) is 2.70. The number of carbonyl (C=O) groups excluding carboxylic acids is 2. The maximum atomic E-state index is 13.1. The largest absolute Gasteiger partial charge is 0.483 e. The number of hydrogen-bond donors (Lipinski definition) is 1. The zero-order valence-electron chi connectivity index (χ0n) is 19.0. The van der Waals surface area contributed by atoms with Crippen molar-refractivity contribution < 1.29 is 14.3 Å². The minimum atomic E-state index is -0.599. The Bertz CT molecular complexity index is 876. The molecule has 0 spiro atoms. The van der Waals surface area contributed by atoms with E-state index in [9.17, 15) is 9.59 Å². The lowest BCUT2D eigenvalue weighted by Gasteiger charge is -2.29. The molecule has 2 aromatic rings. The third kappa shape index (κ3) is 6.61. The molecule has 162 valence electrons. The van der Waals surface area contributed by atoms with Gasteiger partial charge in [-0.15, -0.1) is 0 Å². The number of rotatable bonds is 9. The van der Waals surface area contributed by atoms with Gasteiger partial charge in [-0.3, -0.25) is 9.59 Å². The van der Waals surface area contributed by atoms with Gasteiger partial charge in [0.2, 0.25) is 5.91 Å². The topological polar surface area (TPSA) is 58.6 Å². The summed E-state index contributed by atoms with van der Waals surface area (Å²) in [4.78, 5) is 27.4. The van der Waals surface area contributed by atoms with Crippen molar-refractivity contribution in [3.63, 3.8) is 0 Å². The number of carbonyl (C=O) groups is 2. The minimum Gasteiger partial charge on any atom is -0.483 e. The SMILES string of the molecule is Cc1ccc(OCC(=O)N(Cc2ccccc2C)C(C)C(=O)NCC(C)C)c(C)c1. The second-order valence-electron chi connectivity index (χ2n) is 8.32. The average molecular weight is 411 g/mol. The number of ether oxygens (including phenoxy) is 1. The van der Waals surface area contributed by atoms with Gasteiger partial charge in [-0.1, -0.05) is 55.8 Å². The molecule has 5 nitrogen and oxygen atoms in total. The molecule has 5 heteroatoms. The van der Waals surface area contributed by atoms with E-state index in [4.69, 9.17) is 4.74 Å². The van der Waals surface area contributed by atoms with Crippen LogP contribution in [0, 0.1) is 26.7 Å². The molecule has 0 aliphatic carbocycles. The molecule has 0 heterocycles. The molecule has 30 heavy (non-hydrogen) atoms. The predicted molar refractivity (Wildman–Crippen MR) is 120 cm³/mol. The highest BCUT2D eigenvalue weighted by molar-refractivity contribution is 5.88. The summed E-state index contributed by atoms with van der Waals surface area (Å²) in [6, 6.07) is 13.2. The molecule has 2 rings (SSSR count). The lowest BCUT2D eigenvalue weighted by atomic mass is 10.1. The third-order valence-electron chi connectivity index (χ3n) is 5.14. The molecular formula is C25H34N2O3. The molecule has 2 amide bonds. The fourth-order valence-electron chi connectivity index (χ4n) is 3.19. The molecule has 0 radical (unpaired) electrons. The Hall–Kier alpha value is -2.82. The first-order valence-electron chi connectivity index (χ1n) is 10.5. The zero-order chi connectivity index (χ0) is 22.3. The Morgan fingerprint density at radius 2 is 1.70 bits per heavy atom. The molecule has 1 unspecified atom stereocenters. The van der Waals surface area contributed by atoms with Gasteiger partial charge in [0.15, 0.2) is 6.61 Å². The van der Waals surface area contributed by atoms with E-state index in [1.165, 1.54) is 0 Å². The van der Waals surface area contributed by atoms with E-state index in [0.29, 0.717) is 24.8 Å². The van der Waals surface area contributed by atoms with Gasteiger partial charge < -0.3 is 15.0 Å². The summed E-state index contributed by atoms with van der Waals surface area (Å²) in [5.41, 5.74) is 4.22. The molecule has 0 bridgehead atoms. The van der Waals surface area contributed by atoms with Crippen molar-refractivity contribution in [3.05, 3.63) is 64.7 Å². The van der Waals surface area contributed by atoms with Crippen LogP contribution in [0.4, 0.5) is 0 Å². The standard InChI is InChI=1S/C25H34N2O3/c1-17(2)14-26-25(29)21(6)27(15-22-10-8-7-9-19(22)4)24(28)16-30-23-12-11-18(3)13-20(23)5/h7-13,17,21H,14-16H2,1-6H3,(H,26,29). The summed E-state index contributed by atoms with van der Waals surface area (Å²) in [5.74, 6) is 0.652. The Kier molecular flexibility index (Phi) is 8.46. The van der Waals surface area contributed by atoms with Gasteiger partial charge in [0.25, 0.3) is 5.91 Å². The van der Waals surface area contributed by atoms with E-state index in [1.54, 1.807) is 11.8 Å². The van der Waals surface area contributed by atoms with E-state index < -0.39 is 6.04 Å². The number of nitrogens with zero attached hydrogens (tertiary/aromatic N) is 1. The highest BCUT2D eigenvalue weighted by atomic mass is 16.5. The maximum absolute atomic E-state index is 13.1. The van der Waals surface area contributed by atoms with Gasteiger partial charge in [-0.2, -0.15) is 0 Å². The fraction of sp³-hybridized carbons (Fsp3) is 0.440. The van der Waals surface area contributed by atoms with Crippen LogP contribution < -0.4 is 10.1 Å². The monoisotopic (exact) mass is 410 g/mol. The number of aryl methyl sites for hydroxylation is 3. The van der Waals surface area contributed by atoms with Gasteiger partial charge in [-0.25, -0.2) is 0 Å². The van der Waals surface area contributed by atoms with E-state index >= 15 is 0 Å². The van der Waals surface area contributed by atoms with Crippen LogP contribution in [0.1, 0.15) is 43.0 Å². The molecule has 0 aromatic heterocycles. The van der Waals surface area contributed by atoms with E-state index in [0.717, 1.165) is 22.3 Å². The molecule has 0 fully saturated rings. The summed E-state index contributed by atoms with van der Waals surface area (Å²) in [6.07, 6.45) is 0. The summed E-state index contributed by atoms with van der Waals surface area (Å²) >= 11 is 0. The van der Waals surface area contributed by atoms with Gasteiger partial charge in [0.1, 0.15) is 11.8 Å². The van der Waals surface area contributed by atoms with Crippen LogP contribution in [0.5, 0.6) is 5.75 Å². The van der Waals surface area contributed by atoms with Crippen molar-refractivity contribution in [1.29, 1.82) is 0 Å². The van der Waals surface area contributed by atoms with Gasteiger partial charge in [-0.05, 0) is 56.4 Å². The van der Waals surface area contributed by atoms with Crippen molar-refractivity contribution >= 4 is 11.8 Å². The second-order valence-corrected chi connectivity index (χ2v) is 8.32. The molecule has 2 aromatic carbocycles. The first-order valence-corrected chi connectivity index (χ1v) is 10.5. The highest BCUT2D eigenvalue weighted by Crippen LogP contribution is 2.19. The lowest BCUT2D eigenvalue weighted by molar-refractivity contribution is -0.142. The Morgan fingerprint density at radius 1 is 1.00 bits per heavy atom. The molecule has 1 N–H and O–H groups in total. The van der Waals surface area contributed by atoms with Crippen molar-refractivity contribution in [3.8, 4) is 5.75 Å². The van der Waals surface area contributed by atoms with Crippen LogP contribution >= 0.6 is 0 Å². The normalized spacial score (nSPS) is 11.8. The van der Waals surface area contributed by atoms with E-state index in [2.05, 4.69) is 5.32 Å². The van der Waals surface area contributed by atoms with Crippen LogP contribution in [0.3, 0.4) is 0 Å². The summed E-state index contributed by atoms with van der Waals surface area (Å²) in [7, 11) is 0. The van der Waals surface area contributed by atoms with Crippen molar-refractivity contribution in [2.75, 3.05) is 13.2 Å².